The molecule has 0 bridgehead atoms. The topological polar surface area (TPSA) is 89.9 Å². The van der Waals surface area contributed by atoms with Gasteiger partial charge >= 0.3 is 24.3 Å². The van der Waals surface area contributed by atoms with E-state index in [0.29, 0.717) is 28.2 Å². The summed E-state index contributed by atoms with van der Waals surface area (Å²) in [4.78, 5) is 23.8. The van der Waals surface area contributed by atoms with Gasteiger partial charge in [-0.05, 0) is 65.9 Å². The monoisotopic (exact) mass is 680 g/mol. The largest absolute Gasteiger partial charge is 0.481 e. The third-order valence-electron chi connectivity index (χ3n) is 7.54. The lowest BCUT2D eigenvalue weighted by Gasteiger charge is -2.26. The second-order valence-corrected chi connectivity index (χ2v) is 11.5. The van der Waals surface area contributed by atoms with Crippen LogP contribution < -0.4 is 10.2 Å². The molecule has 1 unspecified atom stereocenters. The van der Waals surface area contributed by atoms with E-state index in [1.807, 2.05) is 26.8 Å². The van der Waals surface area contributed by atoms with Crippen molar-refractivity contribution in [3.8, 4) is 0 Å². The zero-order valence-electron chi connectivity index (χ0n) is 27.5. The molecule has 0 radical (unpaired) electrons. The molecule has 0 amide bonds. The van der Waals surface area contributed by atoms with Crippen LogP contribution in [-0.2, 0) is 33.8 Å². The Hall–Kier alpha value is -4.48. The van der Waals surface area contributed by atoms with Crippen molar-refractivity contribution in [2.75, 3.05) is 23.3 Å². The Labute approximate surface area is 277 Å². The lowest BCUT2D eigenvalue weighted by Crippen LogP contribution is -2.28. The lowest BCUT2D eigenvalue weighted by atomic mass is 9.83. The van der Waals surface area contributed by atoms with Crippen LogP contribution >= 0.6 is 0 Å². The molecule has 1 aliphatic heterocycles. The molecule has 2 aromatic rings. The molecule has 3 N–H and O–H groups in total. The Morgan fingerprint density at radius 3 is 2.02 bits per heavy atom. The molecule has 1 atom stereocenters. The van der Waals surface area contributed by atoms with Crippen LogP contribution in [0.2, 0.25) is 0 Å². The molecule has 1 heterocycles. The van der Waals surface area contributed by atoms with E-state index < -0.39 is 40.8 Å². The van der Waals surface area contributed by atoms with Gasteiger partial charge in [-0.3, -0.25) is 9.59 Å². The van der Waals surface area contributed by atoms with Gasteiger partial charge in [0.1, 0.15) is 0 Å². The van der Waals surface area contributed by atoms with E-state index in [2.05, 4.69) is 5.32 Å². The van der Waals surface area contributed by atoms with Crippen LogP contribution in [0.3, 0.4) is 0 Å². The van der Waals surface area contributed by atoms with E-state index in [1.165, 1.54) is 12.1 Å². The van der Waals surface area contributed by atoms with Crippen LogP contribution in [0.5, 0.6) is 0 Å². The summed E-state index contributed by atoms with van der Waals surface area (Å²) < 4.78 is 80.2. The number of fused-ring (bicyclic) bond motifs is 1. The molecule has 1 aliphatic rings. The first-order valence-electron chi connectivity index (χ1n) is 15.5. The Kier molecular flexibility index (Phi) is 14.1. The fourth-order valence-electron chi connectivity index (χ4n) is 5.22. The van der Waals surface area contributed by atoms with Crippen molar-refractivity contribution in [1.82, 2.24) is 0 Å². The molecule has 3 rings (SSSR count). The average Bonchev–Trinajstić information content (AvgIpc) is 3.20. The van der Waals surface area contributed by atoms with Gasteiger partial charge in [-0.2, -0.15) is 26.3 Å². The van der Waals surface area contributed by atoms with Crippen LogP contribution in [0.25, 0.3) is 0 Å². The molecule has 12 heteroatoms. The number of carbonyl (C=O) groups is 2. The van der Waals surface area contributed by atoms with Crippen molar-refractivity contribution in [2.24, 2.45) is 5.92 Å². The van der Waals surface area contributed by atoms with Gasteiger partial charge < -0.3 is 20.4 Å². The van der Waals surface area contributed by atoms with Crippen LogP contribution in [0.1, 0.15) is 69.7 Å². The smallest absolute Gasteiger partial charge is 0.416 e. The SMILES string of the molecule is CC.CC(/C=C/C=C/C=C/C=C1/N(CCC(=O)O)c2ccc(C(F)(F)F)cc2C1(C)C)Cc1cc(C(F)(F)F)ccc1NCCC(=O)O. The van der Waals surface area contributed by atoms with Crippen molar-refractivity contribution >= 4 is 23.3 Å². The first-order valence-corrected chi connectivity index (χ1v) is 15.5. The molecule has 262 valence electrons. The maximum Gasteiger partial charge on any atom is 0.416 e. The second-order valence-electron chi connectivity index (χ2n) is 11.5. The Balaban J connectivity index is 0.00000392. The number of hydrogen-bond acceptors (Lipinski definition) is 4. The lowest BCUT2D eigenvalue weighted by molar-refractivity contribution is -0.138. The minimum atomic E-state index is -4.52. The maximum atomic E-state index is 13.4. The maximum absolute atomic E-state index is 13.4. The first-order chi connectivity index (χ1) is 22.4. The molecule has 6 nitrogen and oxygen atoms in total. The van der Waals surface area contributed by atoms with Crippen molar-refractivity contribution in [3.05, 3.63) is 107 Å². The normalized spacial score (nSPS) is 16.0. The van der Waals surface area contributed by atoms with E-state index in [1.54, 1.807) is 55.2 Å². The number of alkyl halides is 6. The number of anilines is 2. The zero-order valence-corrected chi connectivity index (χ0v) is 27.5. The van der Waals surface area contributed by atoms with Crippen LogP contribution in [-0.4, -0.2) is 35.2 Å². The van der Waals surface area contributed by atoms with Crippen LogP contribution in [0.15, 0.2) is 84.6 Å². The van der Waals surface area contributed by atoms with E-state index in [-0.39, 0.29) is 38.3 Å². The number of carboxylic acid groups (broad SMARTS) is 2. The molecule has 0 spiro atoms. The van der Waals surface area contributed by atoms with Gasteiger partial charge in [0.2, 0.25) is 0 Å². The van der Waals surface area contributed by atoms with Crippen LogP contribution in [0.4, 0.5) is 37.7 Å². The number of nitrogens with one attached hydrogen (secondary N) is 1. The standard InChI is InChI=1S/C34H36F6N2O4.C2H6/c1-22(19-23-20-24(33(35,36)37)11-13-27(23)41-17-15-30(43)44)9-7-5-4-6-8-10-29-32(2,3)26-21-25(34(38,39)40)12-14-28(26)42(29)18-16-31(45)46;1-2/h4-14,20-22,41H,15-19H2,1-3H3,(H,43,44)(H,45,46);1-2H3/b5-4+,8-6+,9-7+,29-10+;. The molecule has 48 heavy (non-hydrogen) atoms. The summed E-state index contributed by atoms with van der Waals surface area (Å²) in [6.45, 7) is 9.55. The van der Waals surface area contributed by atoms with E-state index >= 15 is 0 Å². The third kappa shape index (κ3) is 11.1. The Morgan fingerprint density at radius 2 is 1.42 bits per heavy atom. The van der Waals surface area contributed by atoms with Gasteiger partial charge in [-0.15, -0.1) is 0 Å². The highest BCUT2D eigenvalue weighted by atomic mass is 19.4. The first kappa shape index (κ1) is 39.7. The van der Waals surface area contributed by atoms with E-state index in [9.17, 15) is 41.0 Å². The summed E-state index contributed by atoms with van der Waals surface area (Å²) in [6, 6.07) is 6.78. The second kappa shape index (κ2) is 17.1. The molecule has 2 aromatic carbocycles. The molecular weight excluding hydrogens is 638 g/mol. The number of allylic oxidation sites excluding steroid dienone is 8. The number of carboxylic acids is 2. The zero-order chi connectivity index (χ0) is 36.3. The quantitative estimate of drug-likeness (QED) is 0.144. The Morgan fingerprint density at radius 1 is 0.854 bits per heavy atom. The van der Waals surface area contributed by atoms with Gasteiger partial charge in [0.05, 0.1) is 24.0 Å². The van der Waals surface area contributed by atoms with Crippen molar-refractivity contribution in [2.45, 2.75) is 71.6 Å². The number of hydrogen-bond donors (Lipinski definition) is 3. The molecular formula is C36H42F6N2O4. The number of aliphatic carboxylic acids is 2. The predicted octanol–water partition coefficient (Wildman–Crippen LogP) is 9.64. The molecule has 0 aromatic heterocycles. The number of halogens is 6. The van der Waals surface area contributed by atoms with Gasteiger partial charge in [0.25, 0.3) is 0 Å². The highest BCUT2D eigenvalue weighted by Gasteiger charge is 2.42. The minimum Gasteiger partial charge on any atom is -0.481 e. The fraction of sp³-hybridized carbons (Fsp3) is 0.389. The number of rotatable bonds is 13. The van der Waals surface area contributed by atoms with Gasteiger partial charge in [0.15, 0.2) is 0 Å². The van der Waals surface area contributed by atoms with Gasteiger partial charge in [-0.25, -0.2) is 0 Å². The van der Waals surface area contributed by atoms with Gasteiger partial charge in [0, 0.05) is 35.6 Å². The van der Waals surface area contributed by atoms with Crippen molar-refractivity contribution in [1.29, 1.82) is 0 Å². The average molecular weight is 681 g/mol. The summed E-state index contributed by atoms with van der Waals surface area (Å²) >= 11 is 0. The third-order valence-corrected chi connectivity index (χ3v) is 7.54. The molecule has 0 saturated carbocycles. The van der Waals surface area contributed by atoms with Crippen LogP contribution in [0, 0.1) is 5.92 Å². The van der Waals surface area contributed by atoms with Crippen molar-refractivity contribution < 1.29 is 46.1 Å². The summed E-state index contributed by atoms with van der Waals surface area (Å²) in [7, 11) is 0. The highest BCUT2D eigenvalue weighted by molar-refractivity contribution is 5.74. The van der Waals surface area contributed by atoms with E-state index in [0.717, 1.165) is 24.3 Å². The summed E-state index contributed by atoms with van der Waals surface area (Å²) in [5, 5.41) is 21.0. The summed E-state index contributed by atoms with van der Waals surface area (Å²) in [6.07, 6.45) is 2.95. The summed E-state index contributed by atoms with van der Waals surface area (Å²) in [5.74, 6) is -2.22. The van der Waals surface area contributed by atoms with E-state index in [4.69, 9.17) is 5.11 Å². The minimum absolute atomic E-state index is 0.0678. The molecule has 0 fully saturated rings. The molecule has 0 aliphatic carbocycles. The Bertz CT molecular complexity index is 1540. The van der Waals surface area contributed by atoms with Gasteiger partial charge in [-0.1, -0.05) is 71.1 Å². The highest BCUT2D eigenvalue weighted by Crippen LogP contribution is 2.49. The number of benzene rings is 2. The fourth-order valence-corrected chi connectivity index (χ4v) is 5.22. The summed E-state index contributed by atoms with van der Waals surface area (Å²) in [5.41, 5.74) is 0.0461. The predicted molar refractivity (Wildman–Crippen MR) is 176 cm³/mol. The molecule has 0 saturated heterocycles. The van der Waals surface area contributed by atoms with Crippen molar-refractivity contribution in [3.63, 3.8) is 0 Å². The number of nitrogens with zero attached hydrogens (tertiary/aromatic N) is 1.